The fraction of sp³-hybridized carbons (Fsp3) is 0.267. The van der Waals surface area contributed by atoms with Gasteiger partial charge in [-0.15, -0.1) is 0 Å². The summed E-state index contributed by atoms with van der Waals surface area (Å²) < 4.78 is 13.9. The average molecular weight is 242 g/mol. The molecule has 0 bridgehead atoms. The van der Waals surface area contributed by atoms with Crippen LogP contribution in [-0.4, -0.2) is 12.3 Å². The Labute approximate surface area is 106 Å². The molecule has 0 radical (unpaired) electrons. The molecule has 0 spiro atoms. The molecule has 2 aliphatic rings. The molecule has 0 saturated carbocycles. The average Bonchev–Trinajstić information content (AvgIpc) is 2.67. The summed E-state index contributed by atoms with van der Waals surface area (Å²) in [7, 11) is 0. The number of aliphatic imine (C=N–C) groups is 1. The Bertz CT molecular complexity index is 570. The number of halogens is 1. The molecule has 1 heterocycles. The third-order valence-corrected chi connectivity index (χ3v) is 3.57. The van der Waals surface area contributed by atoms with Crippen molar-refractivity contribution in [2.45, 2.75) is 18.9 Å². The van der Waals surface area contributed by atoms with Crippen molar-refractivity contribution in [1.29, 1.82) is 0 Å². The smallest absolute Gasteiger partial charge is 0.126 e. The molecule has 1 aliphatic heterocycles. The molecule has 0 amide bonds. The summed E-state index contributed by atoms with van der Waals surface area (Å²) >= 11 is 0. The van der Waals surface area contributed by atoms with E-state index in [9.17, 15) is 4.39 Å². The first-order chi connectivity index (χ1) is 8.77. The number of rotatable bonds is 0. The summed E-state index contributed by atoms with van der Waals surface area (Å²) in [5, 5.41) is 0. The van der Waals surface area contributed by atoms with Gasteiger partial charge in [0.25, 0.3) is 0 Å². The van der Waals surface area contributed by atoms with Gasteiger partial charge in [0.15, 0.2) is 0 Å². The van der Waals surface area contributed by atoms with Gasteiger partial charge in [-0.1, -0.05) is 30.4 Å². The quantitative estimate of drug-likeness (QED) is 0.746. The second-order valence-electron chi connectivity index (χ2n) is 4.62. The van der Waals surface area contributed by atoms with Crippen LogP contribution in [0.3, 0.4) is 0 Å². The van der Waals surface area contributed by atoms with Crippen molar-refractivity contribution in [1.82, 2.24) is 0 Å². The van der Waals surface area contributed by atoms with E-state index in [1.807, 2.05) is 24.3 Å². The van der Waals surface area contributed by atoms with E-state index in [2.05, 4.69) is 4.99 Å². The van der Waals surface area contributed by atoms with Crippen LogP contribution in [0.2, 0.25) is 0 Å². The standard InChI is InChI=1S/C15H15FN2/c16-13-6-3-5-11-10(13)7-8-14-12(15(11)17)4-1-2-9-18-14/h1-6,15H,7-9,17H2. The Morgan fingerprint density at radius 2 is 2.17 bits per heavy atom. The topological polar surface area (TPSA) is 38.4 Å². The summed E-state index contributed by atoms with van der Waals surface area (Å²) in [4.78, 5) is 4.53. The number of hydrogen-bond acceptors (Lipinski definition) is 2. The lowest BCUT2D eigenvalue weighted by molar-refractivity contribution is 0.606. The molecule has 92 valence electrons. The van der Waals surface area contributed by atoms with Crippen molar-refractivity contribution in [2.24, 2.45) is 10.7 Å². The second kappa shape index (κ2) is 4.50. The summed E-state index contributed by atoms with van der Waals surface area (Å²) in [6.07, 6.45) is 7.43. The largest absolute Gasteiger partial charge is 0.320 e. The summed E-state index contributed by atoms with van der Waals surface area (Å²) in [6.45, 7) is 0.681. The molecular weight excluding hydrogens is 227 g/mol. The first kappa shape index (κ1) is 11.4. The van der Waals surface area contributed by atoms with E-state index in [4.69, 9.17) is 5.73 Å². The van der Waals surface area contributed by atoms with Gasteiger partial charge in [-0.25, -0.2) is 4.39 Å². The summed E-state index contributed by atoms with van der Waals surface area (Å²) in [5.41, 5.74) is 9.96. The Hall–Kier alpha value is -1.74. The molecule has 1 aromatic carbocycles. The maximum atomic E-state index is 13.9. The molecule has 2 N–H and O–H groups in total. The molecular formula is C15H15FN2. The lowest BCUT2D eigenvalue weighted by Gasteiger charge is -2.16. The van der Waals surface area contributed by atoms with Gasteiger partial charge >= 0.3 is 0 Å². The molecule has 18 heavy (non-hydrogen) atoms. The van der Waals surface area contributed by atoms with Crippen LogP contribution in [-0.2, 0) is 6.42 Å². The number of nitrogens with two attached hydrogens (primary N) is 1. The first-order valence-electron chi connectivity index (χ1n) is 6.20. The van der Waals surface area contributed by atoms with Crippen molar-refractivity contribution in [2.75, 3.05) is 6.54 Å². The fourth-order valence-electron chi connectivity index (χ4n) is 2.63. The van der Waals surface area contributed by atoms with E-state index in [0.29, 0.717) is 13.0 Å². The number of nitrogens with zero attached hydrogens (tertiary/aromatic N) is 1. The minimum Gasteiger partial charge on any atom is -0.320 e. The van der Waals surface area contributed by atoms with Crippen LogP contribution in [0.1, 0.15) is 23.6 Å². The van der Waals surface area contributed by atoms with Gasteiger partial charge in [0.2, 0.25) is 0 Å². The summed E-state index contributed by atoms with van der Waals surface area (Å²) in [6, 6.07) is 4.87. The lowest BCUT2D eigenvalue weighted by atomic mass is 9.95. The highest BCUT2D eigenvalue weighted by atomic mass is 19.1. The minimum atomic E-state index is -0.278. The molecule has 3 heteroatoms. The molecule has 1 atom stereocenters. The molecule has 1 aromatic rings. The number of benzene rings is 1. The van der Waals surface area contributed by atoms with Gasteiger partial charge in [0, 0.05) is 5.71 Å². The molecule has 1 unspecified atom stereocenters. The monoisotopic (exact) mass is 242 g/mol. The predicted molar refractivity (Wildman–Crippen MR) is 71.2 cm³/mol. The van der Waals surface area contributed by atoms with Crippen LogP contribution < -0.4 is 5.73 Å². The van der Waals surface area contributed by atoms with Crippen LogP contribution in [0.5, 0.6) is 0 Å². The highest BCUT2D eigenvalue weighted by molar-refractivity contribution is 6.02. The van der Waals surface area contributed by atoms with E-state index >= 15 is 0 Å². The number of hydrogen-bond donors (Lipinski definition) is 1. The highest BCUT2D eigenvalue weighted by Crippen LogP contribution is 2.31. The zero-order valence-corrected chi connectivity index (χ0v) is 10.1. The number of allylic oxidation sites excluding steroid dienone is 2. The molecule has 1 aliphatic carbocycles. The van der Waals surface area contributed by atoms with Gasteiger partial charge in [-0.2, -0.15) is 0 Å². The van der Waals surface area contributed by atoms with Crippen LogP contribution in [0.15, 0.2) is 47.0 Å². The number of fused-ring (bicyclic) bond motifs is 2. The van der Waals surface area contributed by atoms with E-state index in [0.717, 1.165) is 28.8 Å². The second-order valence-corrected chi connectivity index (χ2v) is 4.62. The van der Waals surface area contributed by atoms with Crippen LogP contribution >= 0.6 is 0 Å². The van der Waals surface area contributed by atoms with Gasteiger partial charge in [-0.05, 0) is 35.6 Å². The van der Waals surface area contributed by atoms with E-state index in [1.54, 1.807) is 6.07 Å². The Morgan fingerprint density at radius 1 is 1.28 bits per heavy atom. The van der Waals surface area contributed by atoms with Gasteiger partial charge in [0.1, 0.15) is 5.82 Å². The Kier molecular flexibility index (Phi) is 2.84. The predicted octanol–water partition coefficient (Wildman–Crippen LogP) is 2.71. The van der Waals surface area contributed by atoms with Gasteiger partial charge < -0.3 is 5.73 Å². The van der Waals surface area contributed by atoms with Crippen molar-refractivity contribution < 1.29 is 4.39 Å². The fourth-order valence-corrected chi connectivity index (χ4v) is 2.63. The zero-order valence-electron chi connectivity index (χ0n) is 10.1. The molecule has 0 fully saturated rings. The zero-order chi connectivity index (χ0) is 12.5. The lowest BCUT2D eigenvalue weighted by Crippen LogP contribution is -2.18. The third-order valence-electron chi connectivity index (χ3n) is 3.57. The normalized spacial score (nSPS) is 22.2. The minimum absolute atomic E-state index is 0.156. The van der Waals surface area contributed by atoms with Crippen molar-refractivity contribution in [3.63, 3.8) is 0 Å². The van der Waals surface area contributed by atoms with Gasteiger partial charge in [-0.3, -0.25) is 4.99 Å². The maximum absolute atomic E-state index is 13.9. The molecule has 0 aromatic heterocycles. The van der Waals surface area contributed by atoms with Crippen molar-refractivity contribution >= 4 is 5.71 Å². The first-order valence-corrected chi connectivity index (χ1v) is 6.20. The summed E-state index contributed by atoms with van der Waals surface area (Å²) in [5.74, 6) is -0.156. The molecule has 0 saturated heterocycles. The van der Waals surface area contributed by atoms with E-state index < -0.39 is 0 Å². The highest BCUT2D eigenvalue weighted by Gasteiger charge is 2.25. The van der Waals surface area contributed by atoms with Crippen LogP contribution in [0, 0.1) is 5.82 Å². The van der Waals surface area contributed by atoms with Crippen molar-refractivity contribution in [3.05, 3.63) is 58.9 Å². The van der Waals surface area contributed by atoms with E-state index in [1.165, 1.54) is 6.07 Å². The van der Waals surface area contributed by atoms with E-state index in [-0.39, 0.29) is 11.9 Å². The van der Waals surface area contributed by atoms with Crippen LogP contribution in [0.4, 0.5) is 4.39 Å². The Balaban J connectivity index is 2.15. The molecule has 3 rings (SSSR count). The van der Waals surface area contributed by atoms with Gasteiger partial charge in [0.05, 0.1) is 12.6 Å². The Morgan fingerprint density at radius 3 is 3.06 bits per heavy atom. The van der Waals surface area contributed by atoms with Crippen LogP contribution in [0.25, 0.3) is 0 Å². The third kappa shape index (κ3) is 1.81. The SMILES string of the molecule is NC1C2=CC=CCN=C2CCc2c(F)cccc21. The maximum Gasteiger partial charge on any atom is 0.126 e. The van der Waals surface area contributed by atoms with Crippen molar-refractivity contribution in [3.8, 4) is 0 Å². The molecule has 2 nitrogen and oxygen atoms in total.